The van der Waals surface area contributed by atoms with Crippen LogP contribution in [0.15, 0.2) is 59.7 Å². The van der Waals surface area contributed by atoms with Gasteiger partial charge in [-0.15, -0.1) is 0 Å². The molecule has 25 heavy (non-hydrogen) atoms. The van der Waals surface area contributed by atoms with Crippen LogP contribution < -0.4 is 15.5 Å². The minimum atomic E-state index is -0.265. The van der Waals surface area contributed by atoms with Crippen LogP contribution in [0.2, 0.25) is 0 Å². The summed E-state index contributed by atoms with van der Waals surface area (Å²) in [4.78, 5) is 23.2. The summed E-state index contributed by atoms with van der Waals surface area (Å²) in [5.74, 6) is 0.368. The molecule has 0 spiro atoms. The Hall–Kier alpha value is -3.15. The number of benzene rings is 2. The molecular formula is C19H19N3O3. The van der Waals surface area contributed by atoms with Gasteiger partial charge in [-0.05, 0) is 23.3 Å². The first-order chi connectivity index (χ1) is 12.2. The lowest BCUT2D eigenvalue weighted by atomic mass is 10.1. The molecular weight excluding hydrogens is 318 g/mol. The van der Waals surface area contributed by atoms with Gasteiger partial charge in [0, 0.05) is 19.4 Å². The van der Waals surface area contributed by atoms with Crippen molar-refractivity contribution in [3.05, 3.63) is 65.7 Å². The molecule has 0 fully saturated rings. The number of nitrogens with zero attached hydrogens (tertiary/aromatic N) is 1. The normalized spacial score (nSPS) is 13.6. The van der Waals surface area contributed by atoms with Crippen LogP contribution in [0.4, 0.5) is 0 Å². The van der Waals surface area contributed by atoms with Gasteiger partial charge < -0.3 is 10.1 Å². The number of rotatable bonds is 6. The summed E-state index contributed by atoms with van der Waals surface area (Å²) >= 11 is 0. The van der Waals surface area contributed by atoms with E-state index in [2.05, 4.69) is 15.8 Å². The largest absolute Gasteiger partial charge is 0.489 e. The van der Waals surface area contributed by atoms with Crippen molar-refractivity contribution in [1.82, 2.24) is 10.7 Å². The molecule has 2 aromatic carbocycles. The average Bonchev–Trinajstić information content (AvgIpc) is 2.66. The molecule has 128 valence electrons. The molecule has 3 rings (SSSR count). The number of nitrogens with one attached hydrogen (secondary N) is 2. The van der Waals surface area contributed by atoms with Gasteiger partial charge in [0.15, 0.2) is 0 Å². The van der Waals surface area contributed by atoms with Crippen molar-refractivity contribution in [2.24, 2.45) is 5.10 Å². The Balaban J connectivity index is 1.59. The first kappa shape index (κ1) is 16.7. The maximum atomic E-state index is 12.1. The van der Waals surface area contributed by atoms with E-state index in [4.69, 9.17) is 4.74 Å². The fourth-order valence-corrected chi connectivity index (χ4v) is 2.46. The van der Waals surface area contributed by atoms with Crippen LogP contribution in [0.1, 0.15) is 24.0 Å². The highest BCUT2D eigenvalue weighted by molar-refractivity contribution is 6.39. The zero-order valence-electron chi connectivity index (χ0n) is 13.7. The van der Waals surface area contributed by atoms with E-state index in [1.165, 1.54) is 0 Å². The van der Waals surface area contributed by atoms with Crippen LogP contribution >= 0.6 is 0 Å². The van der Waals surface area contributed by atoms with Crippen LogP contribution in [-0.2, 0) is 22.7 Å². The van der Waals surface area contributed by atoms with Gasteiger partial charge in [0.1, 0.15) is 18.1 Å². The maximum Gasteiger partial charge on any atom is 0.267 e. The molecule has 1 aliphatic rings. The molecule has 0 saturated carbocycles. The molecule has 0 radical (unpaired) electrons. The highest BCUT2D eigenvalue weighted by atomic mass is 16.5. The van der Waals surface area contributed by atoms with Crippen molar-refractivity contribution in [2.45, 2.75) is 26.0 Å². The maximum absolute atomic E-state index is 12.1. The lowest BCUT2D eigenvalue weighted by molar-refractivity contribution is -0.121. The van der Waals surface area contributed by atoms with Gasteiger partial charge in [0.2, 0.25) is 5.91 Å². The Kier molecular flexibility index (Phi) is 5.41. The van der Waals surface area contributed by atoms with E-state index in [1.807, 2.05) is 54.6 Å². The zero-order valence-corrected chi connectivity index (χ0v) is 13.7. The third kappa shape index (κ3) is 4.67. The van der Waals surface area contributed by atoms with Crippen molar-refractivity contribution in [2.75, 3.05) is 0 Å². The van der Waals surface area contributed by atoms with Crippen LogP contribution in [-0.4, -0.2) is 17.5 Å². The number of carbonyl (C=O) groups is 2. The molecule has 0 unspecified atom stereocenters. The third-order valence-corrected chi connectivity index (χ3v) is 3.86. The van der Waals surface area contributed by atoms with E-state index < -0.39 is 0 Å². The molecule has 0 aliphatic carbocycles. The number of para-hydroxylation sites is 1. The predicted octanol–water partition coefficient (Wildman–Crippen LogP) is 2.15. The van der Waals surface area contributed by atoms with Gasteiger partial charge >= 0.3 is 0 Å². The van der Waals surface area contributed by atoms with E-state index in [0.717, 1.165) is 16.9 Å². The summed E-state index contributed by atoms with van der Waals surface area (Å²) in [5, 5.41) is 6.65. The summed E-state index contributed by atoms with van der Waals surface area (Å²) in [6.45, 7) is 0.799. The molecule has 2 N–H and O–H groups in total. The number of hydrogen-bond acceptors (Lipinski definition) is 4. The average molecular weight is 337 g/mol. The second-order valence-electron chi connectivity index (χ2n) is 5.65. The Bertz CT molecular complexity index is 788. The molecule has 2 aromatic rings. The van der Waals surface area contributed by atoms with Gasteiger partial charge in [0.25, 0.3) is 5.91 Å². The lowest BCUT2D eigenvalue weighted by Crippen LogP contribution is -2.36. The van der Waals surface area contributed by atoms with Crippen molar-refractivity contribution >= 4 is 17.5 Å². The Morgan fingerprint density at radius 2 is 1.76 bits per heavy atom. The number of hydrazone groups is 1. The van der Waals surface area contributed by atoms with Crippen molar-refractivity contribution < 1.29 is 14.3 Å². The van der Waals surface area contributed by atoms with Gasteiger partial charge in [-0.25, -0.2) is 5.43 Å². The van der Waals surface area contributed by atoms with Crippen LogP contribution in [0.3, 0.4) is 0 Å². The second-order valence-corrected chi connectivity index (χ2v) is 5.65. The molecule has 1 heterocycles. The minimum Gasteiger partial charge on any atom is -0.489 e. The number of ether oxygens (including phenoxy) is 1. The van der Waals surface area contributed by atoms with E-state index in [1.54, 1.807) is 0 Å². The summed E-state index contributed by atoms with van der Waals surface area (Å²) < 4.78 is 5.78. The number of hydrogen-bond donors (Lipinski definition) is 2. The third-order valence-electron chi connectivity index (χ3n) is 3.86. The van der Waals surface area contributed by atoms with Crippen LogP contribution in [0.5, 0.6) is 5.75 Å². The molecule has 1 aliphatic heterocycles. The lowest BCUT2D eigenvalue weighted by Gasteiger charge is -2.14. The van der Waals surface area contributed by atoms with E-state index in [9.17, 15) is 9.59 Å². The standard InChI is InChI=1S/C19H19N3O3/c23-18-11-10-17(21-22-18)19(24)20-12-14-6-4-5-7-15(14)13-25-16-8-2-1-3-9-16/h1-9H,10-13H2,(H,20,24)(H,22,23). The molecule has 6 nitrogen and oxygen atoms in total. The summed E-state index contributed by atoms with van der Waals surface area (Å²) in [5.41, 5.74) is 4.66. The van der Waals surface area contributed by atoms with Gasteiger partial charge in [-0.2, -0.15) is 5.10 Å². The minimum absolute atomic E-state index is 0.167. The molecule has 0 aromatic heterocycles. The molecule has 0 atom stereocenters. The van der Waals surface area contributed by atoms with Gasteiger partial charge in [-0.3, -0.25) is 9.59 Å². The second kappa shape index (κ2) is 8.10. The Morgan fingerprint density at radius 3 is 2.48 bits per heavy atom. The Morgan fingerprint density at radius 1 is 1.04 bits per heavy atom. The highest BCUT2D eigenvalue weighted by Gasteiger charge is 2.18. The van der Waals surface area contributed by atoms with Crippen molar-refractivity contribution in [1.29, 1.82) is 0 Å². The van der Waals surface area contributed by atoms with Crippen LogP contribution in [0, 0.1) is 0 Å². The smallest absolute Gasteiger partial charge is 0.267 e. The molecule has 0 saturated heterocycles. The van der Waals surface area contributed by atoms with Crippen molar-refractivity contribution in [3.63, 3.8) is 0 Å². The highest BCUT2D eigenvalue weighted by Crippen LogP contribution is 2.14. The predicted molar refractivity (Wildman–Crippen MR) is 93.9 cm³/mol. The fourth-order valence-electron chi connectivity index (χ4n) is 2.46. The van der Waals surface area contributed by atoms with E-state index >= 15 is 0 Å². The van der Waals surface area contributed by atoms with E-state index in [-0.39, 0.29) is 18.2 Å². The first-order valence-electron chi connectivity index (χ1n) is 8.10. The van der Waals surface area contributed by atoms with Crippen molar-refractivity contribution in [3.8, 4) is 5.75 Å². The number of carbonyl (C=O) groups excluding carboxylic acids is 2. The Labute approximate surface area is 145 Å². The summed E-state index contributed by atoms with van der Waals surface area (Å²) in [7, 11) is 0. The molecule has 6 heteroatoms. The fraction of sp³-hybridized carbons (Fsp3) is 0.211. The zero-order chi connectivity index (χ0) is 17.5. The quantitative estimate of drug-likeness (QED) is 0.847. The van der Waals surface area contributed by atoms with E-state index in [0.29, 0.717) is 25.3 Å². The number of amides is 2. The summed E-state index contributed by atoms with van der Waals surface area (Å²) in [6, 6.07) is 17.4. The van der Waals surface area contributed by atoms with Crippen LogP contribution in [0.25, 0.3) is 0 Å². The topological polar surface area (TPSA) is 79.8 Å². The SMILES string of the molecule is O=C1CCC(C(=O)NCc2ccccc2COc2ccccc2)=NN1. The summed E-state index contributed by atoms with van der Waals surface area (Å²) in [6.07, 6.45) is 0.643. The first-order valence-corrected chi connectivity index (χ1v) is 8.10. The van der Waals surface area contributed by atoms with Gasteiger partial charge in [-0.1, -0.05) is 42.5 Å². The molecule has 0 bridgehead atoms. The molecule has 2 amide bonds. The monoisotopic (exact) mass is 337 g/mol. The van der Waals surface area contributed by atoms with Gasteiger partial charge in [0.05, 0.1) is 0 Å².